The van der Waals surface area contributed by atoms with Crippen molar-refractivity contribution in [3.63, 3.8) is 0 Å². The monoisotopic (exact) mass is 329 g/mol. The molecule has 0 bridgehead atoms. The van der Waals surface area contributed by atoms with E-state index in [1.165, 1.54) is 36.9 Å². The number of rotatable bonds is 3. The average Bonchev–Trinajstić information content (AvgIpc) is 2.59. The van der Waals surface area contributed by atoms with Crippen molar-refractivity contribution in [2.24, 2.45) is 7.05 Å². The lowest BCUT2D eigenvalue weighted by atomic mass is 10.3. The summed E-state index contributed by atoms with van der Waals surface area (Å²) < 4.78 is 20.7. The zero-order valence-corrected chi connectivity index (χ0v) is 11.6. The van der Waals surface area contributed by atoms with Gasteiger partial charge in [-0.3, -0.25) is 10.1 Å². The van der Waals surface area contributed by atoms with Gasteiger partial charge in [-0.2, -0.15) is 5.10 Å². The number of hydrogen-bond donors (Lipinski definition) is 0. The summed E-state index contributed by atoms with van der Waals surface area (Å²) in [5.74, 6) is -0.837. The van der Waals surface area contributed by atoms with Crippen LogP contribution in [-0.2, 0) is 7.05 Å². The van der Waals surface area contributed by atoms with Gasteiger partial charge in [0.15, 0.2) is 11.6 Å². The highest BCUT2D eigenvalue weighted by Gasteiger charge is 2.26. The summed E-state index contributed by atoms with van der Waals surface area (Å²) in [6.07, 6.45) is 0. The molecule has 1 heterocycles. The van der Waals surface area contributed by atoms with Crippen molar-refractivity contribution >= 4 is 21.6 Å². The molecule has 0 radical (unpaired) electrons. The quantitative estimate of drug-likeness (QED) is 0.639. The molecule has 8 heteroatoms. The van der Waals surface area contributed by atoms with E-state index in [9.17, 15) is 14.5 Å². The highest BCUT2D eigenvalue weighted by Crippen LogP contribution is 2.35. The molecule has 0 unspecified atom stereocenters. The second-order valence-corrected chi connectivity index (χ2v) is 4.71. The maximum absolute atomic E-state index is 13.6. The zero-order valence-electron chi connectivity index (χ0n) is 10.1. The van der Waals surface area contributed by atoms with Gasteiger partial charge in [0.05, 0.1) is 4.92 Å². The molecule has 19 heavy (non-hydrogen) atoms. The molecule has 2 aromatic rings. The molecule has 1 aromatic heterocycles. The third-order valence-electron chi connectivity index (χ3n) is 2.42. The van der Waals surface area contributed by atoms with E-state index in [4.69, 9.17) is 4.74 Å². The Morgan fingerprint density at radius 3 is 2.84 bits per heavy atom. The minimum atomic E-state index is -0.614. The molecule has 0 aliphatic carbocycles. The number of aromatic nitrogens is 2. The fourth-order valence-corrected chi connectivity index (χ4v) is 1.95. The molecule has 0 spiro atoms. The van der Waals surface area contributed by atoms with Crippen molar-refractivity contribution in [3.05, 3.63) is 44.3 Å². The molecule has 2 rings (SSSR count). The molecule has 1 aromatic carbocycles. The number of nitro groups is 1. The van der Waals surface area contributed by atoms with Gasteiger partial charge in [-0.1, -0.05) is 15.9 Å². The van der Waals surface area contributed by atoms with Gasteiger partial charge in [0.2, 0.25) is 0 Å². The van der Waals surface area contributed by atoms with E-state index in [0.717, 1.165) is 0 Å². The Balaban J connectivity index is 2.49. The molecule has 100 valence electrons. The normalized spacial score (nSPS) is 10.5. The fourth-order valence-electron chi connectivity index (χ4n) is 1.61. The first-order chi connectivity index (χ1) is 8.90. The Hall–Kier alpha value is -1.96. The van der Waals surface area contributed by atoms with Crippen LogP contribution in [0.5, 0.6) is 11.6 Å². The molecule has 0 amide bonds. The summed E-state index contributed by atoms with van der Waals surface area (Å²) in [5, 5.41) is 14.9. The van der Waals surface area contributed by atoms with Gasteiger partial charge < -0.3 is 4.74 Å². The molecule has 0 N–H and O–H groups in total. The van der Waals surface area contributed by atoms with Crippen LogP contribution in [0.3, 0.4) is 0 Å². The number of halogens is 2. The van der Waals surface area contributed by atoms with Crippen LogP contribution in [0.1, 0.15) is 5.69 Å². The van der Waals surface area contributed by atoms with Crippen LogP contribution in [0.15, 0.2) is 22.7 Å². The van der Waals surface area contributed by atoms with Crippen LogP contribution in [0, 0.1) is 22.9 Å². The molecule has 0 saturated heterocycles. The predicted octanol–water partition coefficient (Wildman–Crippen LogP) is 3.33. The molecule has 0 saturated carbocycles. The van der Waals surface area contributed by atoms with Gasteiger partial charge in [0.1, 0.15) is 5.69 Å². The van der Waals surface area contributed by atoms with E-state index in [-0.39, 0.29) is 23.0 Å². The number of hydrogen-bond acceptors (Lipinski definition) is 4. The van der Waals surface area contributed by atoms with Gasteiger partial charge in [0, 0.05) is 11.5 Å². The minimum absolute atomic E-state index is 0.111. The van der Waals surface area contributed by atoms with Gasteiger partial charge in [0.25, 0.3) is 5.88 Å². The second-order valence-electron chi connectivity index (χ2n) is 3.80. The molecule has 0 atom stereocenters. The van der Waals surface area contributed by atoms with Gasteiger partial charge >= 0.3 is 5.69 Å². The fraction of sp³-hybridized carbons (Fsp3) is 0.182. The minimum Gasteiger partial charge on any atom is -0.431 e. The summed E-state index contributed by atoms with van der Waals surface area (Å²) in [5.41, 5.74) is -0.0696. The van der Waals surface area contributed by atoms with Crippen molar-refractivity contribution in [3.8, 4) is 11.6 Å². The number of benzene rings is 1. The molecule has 0 aliphatic rings. The third kappa shape index (κ3) is 2.58. The molecule has 0 fully saturated rings. The SMILES string of the molecule is Cc1nn(C)c(Oc2cc(Br)ccc2F)c1[N+](=O)[O-]. The number of aryl methyl sites for hydroxylation is 2. The third-order valence-corrected chi connectivity index (χ3v) is 2.91. The average molecular weight is 330 g/mol. The largest absolute Gasteiger partial charge is 0.431 e. The van der Waals surface area contributed by atoms with E-state index in [0.29, 0.717) is 4.47 Å². The first-order valence-electron chi connectivity index (χ1n) is 5.21. The van der Waals surface area contributed by atoms with Gasteiger partial charge in [-0.15, -0.1) is 0 Å². The lowest BCUT2D eigenvalue weighted by Crippen LogP contribution is -1.98. The highest BCUT2D eigenvalue weighted by atomic mass is 79.9. The maximum atomic E-state index is 13.6. The van der Waals surface area contributed by atoms with Crippen molar-refractivity contribution in [1.29, 1.82) is 0 Å². The first kappa shape index (κ1) is 13.5. The van der Waals surface area contributed by atoms with Gasteiger partial charge in [-0.25, -0.2) is 9.07 Å². The Morgan fingerprint density at radius 2 is 2.21 bits per heavy atom. The Labute approximate surface area is 116 Å². The van der Waals surface area contributed by atoms with E-state index < -0.39 is 10.7 Å². The topological polar surface area (TPSA) is 70.2 Å². The standard InChI is InChI=1S/C11H9BrFN3O3/c1-6-10(16(17)18)11(15(2)14-6)19-9-5-7(12)3-4-8(9)13/h3-5H,1-2H3. The van der Waals surface area contributed by atoms with Crippen LogP contribution in [-0.4, -0.2) is 14.7 Å². The van der Waals surface area contributed by atoms with Crippen molar-refractivity contribution in [1.82, 2.24) is 9.78 Å². The molecular weight excluding hydrogens is 321 g/mol. The Kier molecular flexibility index (Phi) is 3.52. The summed E-state index contributed by atoms with van der Waals surface area (Å²) in [6, 6.07) is 4.10. The van der Waals surface area contributed by atoms with Crippen LogP contribution >= 0.6 is 15.9 Å². The first-order valence-corrected chi connectivity index (χ1v) is 6.00. The number of ether oxygens (including phenoxy) is 1. The molecule has 6 nitrogen and oxygen atoms in total. The van der Waals surface area contributed by atoms with Crippen molar-refractivity contribution < 1.29 is 14.1 Å². The van der Waals surface area contributed by atoms with Crippen molar-refractivity contribution in [2.45, 2.75) is 6.92 Å². The summed E-state index contributed by atoms with van der Waals surface area (Å²) >= 11 is 3.18. The number of nitrogens with zero attached hydrogens (tertiary/aromatic N) is 3. The lowest BCUT2D eigenvalue weighted by Gasteiger charge is -2.06. The smallest absolute Gasteiger partial charge is 0.353 e. The maximum Gasteiger partial charge on any atom is 0.353 e. The van der Waals surface area contributed by atoms with Crippen LogP contribution in [0.2, 0.25) is 0 Å². The van der Waals surface area contributed by atoms with Crippen LogP contribution < -0.4 is 4.74 Å². The van der Waals surface area contributed by atoms with E-state index >= 15 is 0 Å². The van der Waals surface area contributed by atoms with E-state index in [1.807, 2.05) is 0 Å². The van der Waals surface area contributed by atoms with E-state index in [1.54, 1.807) is 0 Å². The summed E-state index contributed by atoms with van der Waals surface area (Å²) in [7, 11) is 1.49. The van der Waals surface area contributed by atoms with Crippen LogP contribution in [0.4, 0.5) is 10.1 Å². The molecule has 0 aliphatic heterocycles. The highest BCUT2D eigenvalue weighted by molar-refractivity contribution is 9.10. The van der Waals surface area contributed by atoms with E-state index in [2.05, 4.69) is 21.0 Å². The Bertz CT molecular complexity index is 657. The lowest BCUT2D eigenvalue weighted by molar-refractivity contribution is -0.386. The van der Waals surface area contributed by atoms with Gasteiger partial charge in [-0.05, 0) is 25.1 Å². The Morgan fingerprint density at radius 1 is 1.53 bits per heavy atom. The summed E-state index contributed by atoms with van der Waals surface area (Å²) in [6.45, 7) is 1.49. The van der Waals surface area contributed by atoms with Crippen molar-refractivity contribution in [2.75, 3.05) is 0 Å². The summed E-state index contributed by atoms with van der Waals surface area (Å²) in [4.78, 5) is 10.4. The predicted molar refractivity (Wildman–Crippen MR) is 68.8 cm³/mol. The molecular formula is C11H9BrFN3O3. The second kappa shape index (κ2) is 4.96. The zero-order chi connectivity index (χ0) is 14.2. The van der Waals surface area contributed by atoms with Crippen LogP contribution in [0.25, 0.3) is 0 Å².